The highest BCUT2D eigenvalue weighted by Gasteiger charge is 2.41. The molecule has 4 rings (SSSR count). The van der Waals surface area contributed by atoms with Gasteiger partial charge in [-0.2, -0.15) is 0 Å². The van der Waals surface area contributed by atoms with Crippen LogP contribution >= 0.6 is 0 Å². The number of carbonyl (C=O) groups excluding carboxylic acids is 1. The van der Waals surface area contributed by atoms with Crippen molar-refractivity contribution in [1.82, 2.24) is 9.80 Å². The SMILES string of the molecule is O=C(c1ccccc1F)N1CCC[C@]2(COCCN(CC3CC3)C2)C1. The third kappa shape index (κ3) is 3.87. The second-order valence-corrected chi connectivity index (χ2v) is 8.04. The Morgan fingerprint density at radius 1 is 1.24 bits per heavy atom. The molecule has 0 unspecified atom stereocenters. The molecular formula is C20H27FN2O2. The van der Waals surface area contributed by atoms with E-state index in [1.165, 1.54) is 18.9 Å². The number of halogens is 1. The fourth-order valence-electron chi connectivity index (χ4n) is 4.34. The van der Waals surface area contributed by atoms with E-state index in [4.69, 9.17) is 4.74 Å². The van der Waals surface area contributed by atoms with Crippen LogP contribution in [0.5, 0.6) is 0 Å². The van der Waals surface area contributed by atoms with E-state index in [-0.39, 0.29) is 16.9 Å². The number of hydrogen-bond acceptors (Lipinski definition) is 3. The van der Waals surface area contributed by atoms with Crippen LogP contribution in [0.2, 0.25) is 0 Å². The summed E-state index contributed by atoms with van der Waals surface area (Å²) in [6.45, 7) is 5.99. The summed E-state index contributed by atoms with van der Waals surface area (Å²) in [5.74, 6) is 0.240. The molecule has 3 fully saturated rings. The lowest BCUT2D eigenvalue weighted by molar-refractivity contribution is 0.00700. The molecule has 1 aromatic rings. The monoisotopic (exact) mass is 346 g/mol. The molecule has 2 aliphatic heterocycles. The lowest BCUT2D eigenvalue weighted by Gasteiger charge is -2.43. The maximum Gasteiger partial charge on any atom is 0.256 e. The maximum absolute atomic E-state index is 14.0. The fourth-order valence-corrected chi connectivity index (χ4v) is 4.34. The third-order valence-corrected chi connectivity index (χ3v) is 5.79. The van der Waals surface area contributed by atoms with Gasteiger partial charge in [0.2, 0.25) is 0 Å². The number of piperidine rings is 1. The van der Waals surface area contributed by atoms with Crippen LogP contribution in [0.15, 0.2) is 24.3 Å². The Morgan fingerprint density at radius 3 is 2.88 bits per heavy atom. The molecule has 0 bridgehead atoms. The average molecular weight is 346 g/mol. The topological polar surface area (TPSA) is 32.8 Å². The minimum Gasteiger partial charge on any atom is -0.379 e. The van der Waals surface area contributed by atoms with Crippen LogP contribution in [0.1, 0.15) is 36.0 Å². The van der Waals surface area contributed by atoms with Gasteiger partial charge in [0, 0.05) is 38.1 Å². The Kier molecular flexibility index (Phi) is 4.78. The lowest BCUT2D eigenvalue weighted by atomic mass is 9.79. The molecule has 1 spiro atoms. The van der Waals surface area contributed by atoms with Crippen LogP contribution in [-0.4, -0.2) is 61.6 Å². The van der Waals surface area contributed by atoms with E-state index in [1.807, 2.05) is 4.90 Å². The second-order valence-electron chi connectivity index (χ2n) is 8.04. The van der Waals surface area contributed by atoms with Gasteiger partial charge in [0.25, 0.3) is 5.91 Å². The van der Waals surface area contributed by atoms with E-state index < -0.39 is 5.82 Å². The first-order chi connectivity index (χ1) is 12.2. The molecule has 0 radical (unpaired) electrons. The van der Waals surface area contributed by atoms with Gasteiger partial charge >= 0.3 is 0 Å². The third-order valence-electron chi connectivity index (χ3n) is 5.79. The molecule has 5 heteroatoms. The van der Waals surface area contributed by atoms with Crippen molar-refractivity contribution in [2.45, 2.75) is 25.7 Å². The molecule has 0 N–H and O–H groups in total. The van der Waals surface area contributed by atoms with Crippen molar-refractivity contribution in [2.24, 2.45) is 11.3 Å². The smallest absolute Gasteiger partial charge is 0.256 e. The quantitative estimate of drug-likeness (QED) is 0.844. The van der Waals surface area contributed by atoms with Crippen LogP contribution in [0.3, 0.4) is 0 Å². The Labute approximate surface area is 148 Å². The minimum atomic E-state index is -0.431. The second kappa shape index (κ2) is 7.04. The number of carbonyl (C=O) groups is 1. The average Bonchev–Trinajstić information content (AvgIpc) is 3.44. The zero-order valence-corrected chi connectivity index (χ0v) is 14.8. The summed E-state index contributed by atoms with van der Waals surface area (Å²) in [6, 6.07) is 6.29. The van der Waals surface area contributed by atoms with Gasteiger partial charge in [-0.3, -0.25) is 4.79 Å². The summed E-state index contributed by atoms with van der Waals surface area (Å²) < 4.78 is 19.9. The van der Waals surface area contributed by atoms with Gasteiger partial charge in [0.15, 0.2) is 0 Å². The highest BCUT2D eigenvalue weighted by atomic mass is 19.1. The fraction of sp³-hybridized carbons (Fsp3) is 0.650. The molecule has 2 saturated heterocycles. The van der Waals surface area contributed by atoms with E-state index in [0.29, 0.717) is 19.7 Å². The van der Waals surface area contributed by atoms with Gasteiger partial charge < -0.3 is 14.5 Å². The number of benzene rings is 1. The molecule has 4 nitrogen and oxygen atoms in total. The normalized spacial score (nSPS) is 28.1. The molecule has 1 amide bonds. The highest BCUT2D eigenvalue weighted by Crippen LogP contribution is 2.36. The Bertz CT molecular complexity index is 634. The zero-order valence-electron chi connectivity index (χ0n) is 14.8. The molecule has 1 atom stereocenters. The molecule has 1 saturated carbocycles. The van der Waals surface area contributed by atoms with Crippen molar-refractivity contribution < 1.29 is 13.9 Å². The van der Waals surface area contributed by atoms with E-state index in [9.17, 15) is 9.18 Å². The maximum atomic E-state index is 14.0. The molecule has 1 aliphatic carbocycles. The predicted octanol–water partition coefficient (Wildman–Crippen LogP) is 2.79. The van der Waals surface area contributed by atoms with Crippen LogP contribution in [-0.2, 0) is 4.74 Å². The van der Waals surface area contributed by atoms with Crippen LogP contribution in [0, 0.1) is 17.2 Å². The van der Waals surface area contributed by atoms with Crippen molar-refractivity contribution in [3.05, 3.63) is 35.6 Å². The summed E-state index contributed by atoms with van der Waals surface area (Å²) >= 11 is 0. The standard InChI is InChI=1S/C20H27FN2O2/c21-18-5-2-1-4-17(18)19(24)23-9-3-8-20(14-23)13-22(10-11-25-15-20)12-16-6-7-16/h1-2,4-5,16H,3,6-15H2/t20-/m1/s1. The van der Waals surface area contributed by atoms with E-state index >= 15 is 0 Å². The predicted molar refractivity (Wildman–Crippen MR) is 94.0 cm³/mol. The Hall–Kier alpha value is -1.46. The minimum absolute atomic E-state index is 0.00937. The van der Waals surface area contributed by atoms with Crippen molar-refractivity contribution >= 4 is 5.91 Å². The van der Waals surface area contributed by atoms with Crippen LogP contribution < -0.4 is 0 Å². The molecule has 3 aliphatic rings. The van der Waals surface area contributed by atoms with Gasteiger partial charge in [-0.15, -0.1) is 0 Å². The summed E-state index contributed by atoms with van der Waals surface area (Å²) in [7, 11) is 0. The Balaban J connectivity index is 1.48. The molecule has 1 aromatic carbocycles. The highest BCUT2D eigenvalue weighted by molar-refractivity contribution is 5.94. The Morgan fingerprint density at radius 2 is 2.08 bits per heavy atom. The van der Waals surface area contributed by atoms with Gasteiger partial charge in [0.05, 0.1) is 18.8 Å². The van der Waals surface area contributed by atoms with Gasteiger partial charge in [-0.25, -0.2) is 4.39 Å². The van der Waals surface area contributed by atoms with Crippen molar-refractivity contribution in [3.8, 4) is 0 Å². The van der Waals surface area contributed by atoms with Crippen molar-refractivity contribution in [1.29, 1.82) is 0 Å². The van der Waals surface area contributed by atoms with Gasteiger partial charge in [-0.05, 0) is 43.7 Å². The molecule has 0 aromatic heterocycles. The van der Waals surface area contributed by atoms with E-state index in [2.05, 4.69) is 4.90 Å². The number of nitrogens with zero attached hydrogens (tertiary/aromatic N) is 2. The molecule has 2 heterocycles. The summed E-state index contributed by atoms with van der Waals surface area (Å²) in [4.78, 5) is 17.2. The van der Waals surface area contributed by atoms with E-state index in [0.717, 1.165) is 45.0 Å². The molecule has 25 heavy (non-hydrogen) atoms. The zero-order chi connectivity index (χ0) is 17.3. The number of amides is 1. The number of ether oxygens (including phenoxy) is 1. The first-order valence-electron chi connectivity index (χ1n) is 9.49. The lowest BCUT2D eigenvalue weighted by Crippen LogP contribution is -2.52. The number of hydrogen-bond donors (Lipinski definition) is 0. The number of likely N-dealkylation sites (tertiary alicyclic amines) is 1. The van der Waals surface area contributed by atoms with Gasteiger partial charge in [0.1, 0.15) is 5.82 Å². The van der Waals surface area contributed by atoms with Crippen molar-refractivity contribution in [2.75, 3.05) is 45.9 Å². The summed E-state index contributed by atoms with van der Waals surface area (Å²) in [5, 5.41) is 0. The summed E-state index contributed by atoms with van der Waals surface area (Å²) in [6.07, 6.45) is 4.74. The largest absolute Gasteiger partial charge is 0.379 e. The van der Waals surface area contributed by atoms with Crippen LogP contribution in [0.25, 0.3) is 0 Å². The van der Waals surface area contributed by atoms with Crippen molar-refractivity contribution in [3.63, 3.8) is 0 Å². The first-order valence-corrected chi connectivity index (χ1v) is 9.49. The van der Waals surface area contributed by atoms with Crippen LogP contribution in [0.4, 0.5) is 4.39 Å². The van der Waals surface area contributed by atoms with Gasteiger partial charge in [-0.1, -0.05) is 12.1 Å². The number of rotatable bonds is 3. The summed E-state index contributed by atoms with van der Waals surface area (Å²) in [5.41, 5.74) is 0.175. The first kappa shape index (κ1) is 17.0. The molecule has 136 valence electrons. The van der Waals surface area contributed by atoms with E-state index in [1.54, 1.807) is 18.2 Å². The molecular weight excluding hydrogens is 319 g/mol.